The minimum Gasteiger partial charge on any atom is -0.618 e. The first-order chi connectivity index (χ1) is 24.0. The van der Waals surface area contributed by atoms with E-state index in [4.69, 9.17) is 51.5 Å². The van der Waals surface area contributed by atoms with E-state index in [-0.39, 0.29) is 66.3 Å². The average molecular weight is 794 g/mol. The highest BCUT2D eigenvalue weighted by Crippen LogP contribution is 2.39. The van der Waals surface area contributed by atoms with Gasteiger partial charge in [-0.1, -0.05) is 19.0 Å². The van der Waals surface area contributed by atoms with Crippen LogP contribution in [0.15, 0.2) is 29.7 Å². The van der Waals surface area contributed by atoms with Crippen LogP contribution in [0.2, 0.25) is 5.15 Å². The highest BCUT2D eigenvalue weighted by Gasteiger charge is 2.28. The van der Waals surface area contributed by atoms with Crippen LogP contribution >= 0.6 is 27.5 Å². The predicted molar refractivity (Wildman–Crippen MR) is 187 cm³/mol. The molecule has 0 radical (unpaired) electrons. The lowest BCUT2D eigenvalue weighted by molar-refractivity contribution is -0.615. The van der Waals surface area contributed by atoms with E-state index in [0.29, 0.717) is 53.6 Å². The second-order valence-corrected chi connectivity index (χ2v) is 11.0. The number of pyridine rings is 2. The van der Waals surface area contributed by atoms with Gasteiger partial charge in [-0.15, -0.1) is 0 Å². The number of fused-ring (bicyclic) bond motifs is 2. The van der Waals surface area contributed by atoms with Gasteiger partial charge in [-0.05, 0) is 15.9 Å². The first-order valence-corrected chi connectivity index (χ1v) is 15.3. The van der Waals surface area contributed by atoms with Crippen LogP contribution in [0.1, 0.15) is 18.8 Å². The summed E-state index contributed by atoms with van der Waals surface area (Å²) < 4.78 is 36.7. The molecule has 6 aromatic heterocycles. The molecule has 20 nitrogen and oxygen atoms in total. The van der Waals surface area contributed by atoms with Crippen molar-refractivity contribution in [1.29, 1.82) is 0 Å². The van der Waals surface area contributed by atoms with E-state index in [9.17, 15) is 10.4 Å². The van der Waals surface area contributed by atoms with Crippen molar-refractivity contribution >= 4 is 61.8 Å². The molecule has 0 bridgehead atoms. The first-order valence-electron chi connectivity index (χ1n) is 14.1. The summed E-state index contributed by atoms with van der Waals surface area (Å²) in [7, 11) is 8.68. The smallest absolute Gasteiger partial charge is 0.259 e. The number of hydrogen-bond donors (Lipinski definition) is 2. The van der Waals surface area contributed by atoms with Gasteiger partial charge in [-0.3, -0.25) is 0 Å². The molecule has 0 aromatic carbocycles. The summed E-state index contributed by atoms with van der Waals surface area (Å²) >= 11 is 9.32. The van der Waals surface area contributed by atoms with Crippen LogP contribution in [0.25, 0.3) is 22.3 Å². The Labute approximate surface area is 303 Å². The van der Waals surface area contributed by atoms with E-state index in [1.165, 1.54) is 61.4 Å². The fourth-order valence-electron chi connectivity index (χ4n) is 4.96. The summed E-state index contributed by atoms with van der Waals surface area (Å²) in [6.07, 6.45) is 5.56. The number of rotatable bonds is 10. The molecule has 0 aliphatic carbocycles. The van der Waals surface area contributed by atoms with Crippen molar-refractivity contribution in [2.24, 2.45) is 0 Å². The Kier molecular flexibility index (Phi) is 11.8. The van der Waals surface area contributed by atoms with Gasteiger partial charge in [0.05, 0.1) is 55.3 Å². The van der Waals surface area contributed by atoms with Gasteiger partial charge in [0.2, 0.25) is 58.8 Å². The number of anilines is 2. The van der Waals surface area contributed by atoms with Crippen LogP contribution < -0.4 is 49.3 Å². The fourth-order valence-corrected chi connectivity index (χ4v) is 5.64. The van der Waals surface area contributed by atoms with Gasteiger partial charge in [0, 0.05) is 0 Å². The zero-order valence-electron chi connectivity index (χ0n) is 27.4. The lowest BCUT2D eigenvalue weighted by atomic mass is 10.2. The van der Waals surface area contributed by atoms with E-state index < -0.39 is 0 Å². The molecule has 0 unspecified atom stereocenters. The summed E-state index contributed by atoms with van der Waals surface area (Å²) in [6, 6.07) is 0. The van der Waals surface area contributed by atoms with Crippen LogP contribution in [-0.4, -0.2) is 81.7 Å². The summed E-state index contributed by atoms with van der Waals surface area (Å²) in [5, 5.41) is 25.0. The molecule has 0 aliphatic rings. The van der Waals surface area contributed by atoms with Crippen LogP contribution in [-0.2, 0) is 13.1 Å². The van der Waals surface area contributed by atoms with Crippen molar-refractivity contribution in [2.45, 2.75) is 20.5 Å². The third-order valence-corrected chi connectivity index (χ3v) is 7.98. The number of hydrogen-bond acceptors (Lipinski definition) is 16. The Morgan fingerprint density at radius 3 is 1.51 bits per heavy atom. The summed E-state index contributed by atoms with van der Waals surface area (Å²) in [5.74, 6) is 1.76. The lowest BCUT2D eigenvalue weighted by Gasteiger charge is -2.15. The molecule has 0 saturated heterocycles. The fraction of sp³-hybridized carbons (Fsp3) is 0.310. The third-order valence-electron chi connectivity index (χ3n) is 7.16. The number of nitrogen functional groups attached to an aromatic ring is 2. The Morgan fingerprint density at radius 1 is 0.667 bits per heavy atom. The Bertz CT molecular complexity index is 2050. The van der Waals surface area contributed by atoms with Crippen molar-refractivity contribution in [3.63, 3.8) is 0 Å². The Balaban J connectivity index is 0.000000224. The van der Waals surface area contributed by atoms with Crippen LogP contribution in [0.5, 0.6) is 34.5 Å². The zero-order chi connectivity index (χ0) is 36.3. The van der Waals surface area contributed by atoms with Gasteiger partial charge < -0.3 is 59.4 Å². The summed E-state index contributed by atoms with van der Waals surface area (Å²) in [5.41, 5.74) is 13.7. The maximum atomic E-state index is 12.4. The minimum absolute atomic E-state index is 0. The second kappa shape index (κ2) is 15.8. The SMILES string of the molecule is C.COc1c[n+]([O-])c(Cn2cnc3c(Br)nc(N)nc32)c(OC)c1OC.COc1c[n+]([O-])c(Cn2cnc3c(Cl)nc(N)nc32)c(OC)c1OC. The number of imidazole rings is 2. The molecule has 51 heavy (non-hydrogen) atoms. The number of ether oxygens (including phenoxy) is 6. The number of halogens is 2. The second-order valence-electron chi connectivity index (χ2n) is 9.91. The van der Waals surface area contributed by atoms with Crippen molar-refractivity contribution in [3.05, 3.63) is 56.6 Å². The topological polar surface area (TPSA) is 248 Å². The molecule has 0 saturated carbocycles. The predicted octanol–water partition coefficient (Wildman–Crippen LogP) is 2.28. The van der Waals surface area contributed by atoms with Gasteiger partial charge in [-0.25, -0.2) is 15.0 Å². The van der Waals surface area contributed by atoms with Gasteiger partial charge in [0.25, 0.3) is 11.4 Å². The number of nitrogens with two attached hydrogens (primary N) is 2. The van der Waals surface area contributed by atoms with Gasteiger partial charge >= 0.3 is 0 Å². The number of nitrogens with zero attached hydrogens (tertiary/aromatic N) is 10. The van der Waals surface area contributed by atoms with Crippen molar-refractivity contribution in [2.75, 3.05) is 54.1 Å². The highest BCUT2D eigenvalue weighted by atomic mass is 79.9. The molecule has 6 heterocycles. The molecule has 0 aliphatic heterocycles. The maximum Gasteiger partial charge on any atom is 0.259 e. The van der Waals surface area contributed by atoms with E-state index in [2.05, 4.69) is 45.8 Å². The standard InChI is InChI=1S/C14H15BrN6O4.C14H15ClN6O4.CH4/c2*1-23-8-5-21(22)7(10(24-2)11(8)25-3)4-20-6-17-9-12(15)18-14(16)19-13(9)20;/h2*5-6H,4H2,1-3H3,(H2,16,18,19);1H4. The normalized spacial score (nSPS) is 10.7. The zero-order valence-corrected chi connectivity index (χ0v) is 29.7. The van der Waals surface area contributed by atoms with E-state index >= 15 is 0 Å². The minimum atomic E-state index is 0. The van der Waals surface area contributed by atoms with Crippen molar-refractivity contribution in [1.82, 2.24) is 39.0 Å². The molecule has 0 amide bonds. The van der Waals surface area contributed by atoms with Gasteiger partial charge in [0.1, 0.15) is 28.7 Å². The molecule has 4 N–H and O–H groups in total. The Morgan fingerprint density at radius 2 is 1.08 bits per heavy atom. The average Bonchev–Trinajstić information content (AvgIpc) is 3.69. The highest BCUT2D eigenvalue weighted by molar-refractivity contribution is 9.10. The largest absolute Gasteiger partial charge is 0.618 e. The molecule has 22 heteroatoms. The monoisotopic (exact) mass is 792 g/mol. The molecule has 6 aromatic rings. The quantitative estimate of drug-likeness (QED) is 0.115. The summed E-state index contributed by atoms with van der Waals surface area (Å²) in [4.78, 5) is 24.6. The molecular formula is C29H34BrClN12O8. The van der Waals surface area contributed by atoms with Crippen molar-refractivity contribution < 1.29 is 37.9 Å². The van der Waals surface area contributed by atoms with E-state index in [1.807, 2.05) is 0 Å². The van der Waals surface area contributed by atoms with Gasteiger partial charge in [-0.2, -0.15) is 24.4 Å². The molecule has 272 valence electrons. The third kappa shape index (κ3) is 7.24. The molecule has 0 spiro atoms. The van der Waals surface area contributed by atoms with Crippen molar-refractivity contribution in [3.8, 4) is 34.5 Å². The molecule has 6 rings (SSSR count). The lowest BCUT2D eigenvalue weighted by Crippen LogP contribution is -2.33. The summed E-state index contributed by atoms with van der Waals surface area (Å²) in [6.45, 7) is 0.225. The maximum absolute atomic E-state index is 12.4. The molecule has 0 fully saturated rings. The van der Waals surface area contributed by atoms with Crippen LogP contribution in [0, 0.1) is 10.4 Å². The molecule has 0 atom stereocenters. The first kappa shape index (κ1) is 38.0. The Hall–Kier alpha value is -5.83. The van der Waals surface area contributed by atoms with E-state index in [1.54, 1.807) is 15.5 Å². The van der Waals surface area contributed by atoms with Gasteiger partial charge in [0.15, 0.2) is 16.4 Å². The number of aromatic nitrogens is 10. The van der Waals surface area contributed by atoms with Crippen LogP contribution in [0.4, 0.5) is 11.9 Å². The van der Waals surface area contributed by atoms with E-state index in [0.717, 1.165) is 0 Å². The molecular weight excluding hydrogens is 760 g/mol. The van der Waals surface area contributed by atoms with Crippen LogP contribution in [0.3, 0.4) is 0 Å². The number of methoxy groups -OCH3 is 6.